The van der Waals surface area contributed by atoms with Gasteiger partial charge in [0.1, 0.15) is 5.65 Å². The first-order valence-corrected chi connectivity index (χ1v) is 5.92. The number of imide groups is 1. The molecule has 0 radical (unpaired) electrons. The summed E-state index contributed by atoms with van der Waals surface area (Å²) in [6.45, 7) is 2.00. The number of piperidine rings is 1. The standard InChI is InChI=1S/C13H13N3O2/c1-8-4-5-16-10(7-14-11(16)6-8)9-2-3-12(17)15-13(9)18/h4-7,9H,2-3H2,1H3,(H,15,17,18). The van der Waals surface area contributed by atoms with Gasteiger partial charge in [0.2, 0.25) is 11.8 Å². The van der Waals surface area contributed by atoms with Crippen molar-refractivity contribution in [2.75, 3.05) is 0 Å². The number of amides is 2. The van der Waals surface area contributed by atoms with Crippen molar-refractivity contribution >= 4 is 17.5 Å². The van der Waals surface area contributed by atoms with Crippen molar-refractivity contribution in [2.24, 2.45) is 0 Å². The minimum absolute atomic E-state index is 0.194. The summed E-state index contributed by atoms with van der Waals surface area (Å²) in [6.07, 6.45) is 4.56. The van der Waals surface area contributed by atoms with Gasteiger partial charge in [-0.25, -0.2) is 4.98 Å². The molecular weight excluding hydrogens is 230 g/mol. The quantitative estimate of drug-likeness (QED) is 0.764. The highest BCUT2D eigenvalue weighted by atomic mass is 16.2. The van der Waals surface area contributed by atoms with Crippen LogP contribution in [0.15, 0.2) is 24.5 Å². The molecule has 5 heteroatoms. The number of imidazole rings is 1. The molecule has 2 aromatic rings. The number of rotatable bonds is 1. The molecule has 1 aliphatic heterocycles. The number of nitrogens with zero attached hydrogens (tertiary/aromatic N) is 2. The Morgan fingerprint density at radius 3 is 3.06 bits per heavy atom. The monoisotopic (exact) mass is 243 g/mol. The van der Waals surface area contributed by atoms with Crippen molar-refractivity contribution in [3.63, 3.8) is 0 Å². The molecule has 3 heterocycles. The molecule has 18 heavy (non-hydrogen) atoms. The van der Waals surface area contributed by atoms with Gasteiger partial charge in [-0.15, -0.1) is 0 Å². The third-order valence-electron chi connectivity index (χ3n) is 3.29. The average molecular weight is 243 g/mol. The lowest BCUT2D eigenvalue weighted by Crippen LogP contribution is -2.39. The molecule has 2 aromatic heterocycles. The van der Waals surface area contributed by atoms with E-state index in [0.29, 0.717) is 12.8 Å². The van der Waals surface area contributed by atoms with Gasteiger partial charge in [-0.3, -0.25) is 14.9 Å². The van der Waals surface area contributed by atoms with Crippen LogP contribution in [0.4, 0.5) is 0 Å². The molecule has 1 unspecified atom stereocenters. The number of hydrogen-bond donors (Lipinski definition) is 1. The number of fused-ring (bicyclic) bond motifs is 1. The van der Waals surface area contributed by atoms with E-state index in [9.17, 15) is 9.59 Å². The zero-order valence-corrected chi connectivity index (χ0v) is 10.0. The molecule has 3 rings (SSSR count). The largest absolute Gasteiger partial charge is 0.303 e. The third kappa shape index (κ3) is 1.68. The number of nitrogens with one attached hydrogen (secondary N) is 1. The summed E-state index contributed by atoms with van der Waals surface area (Å²) in [6, 6.07) is 3.94. The SMILES string of the molecule is Cc1ccn2c(C3CCC(=O)NC3=O)cnc2c1. The first-order valence-electron chi connectivity index (χ1n) is 5.92. The molecule has 92 valence electrons. The maximum Gasteiger partial charge on any atom is 0.235 e. The summed E-state index contributed by atoms with van der Waals surface area (Å²) in [5.74, 6) is -0.713. The second kappa shape index (κ2) is 3.94. The molecular formula is C13H13N3O2. The number of aromatic nitrogens is 2. The summed E-state index contributed by atoms with van der Waals surface area (Å²) >= 11 is 0. The second-order valence-electron chi connectivity index (χ2n) is 4.62. The van der Waals surface area contributed by atoms with Gasteiger partial charge in [-0.05, 0) is 31.0 Å². The molecule has 5 nitrogen and oxygen atoms in total. The van der Waals surface area contributed by atoms with E-state index in [2.05, 4.69) is 10.3 Å². The summed E-state index contributed by atoms with van der Waals surface area (Å²) < 4.78 is 1.91. The number of carbonyl (C=O) groups is 2. The Morgan fingerprint density at radius 2 is 2.28 bits per heavy atom. The molecule has 1 fully saturated rings. The zero-order chi connectivity index (χ0) is 12.7. The molecule has 0 saturated carbocycles. The van der Waals surface area contributed by atoms with E-state index in [1.54, 1.807) is 6.20 Å². The van der Waals surface area contributed by atoms with Crippen LogP contribution >= 0.6 is 0 Å². The summed E-state index contributed by atoms with van der Waals surface area (Å²) in [7, 11) is 0. The first-order chi connectivity index (χ1) is 8.65. The van der Waals surface area contributed by atoms with Crippen LogP contribution < -0.4 is 5.32 Å². The number of pyridine rings is 1. The second-order valence-corrected chi connectivity index (χ2v) is 4.62. The highest BCUT2D eigenvalue weighted by Crippen LogP contribution is 2.25. The number of aryl methyl sites for hydroxylation is 1. The normalized spacial score (nSPS) is 20.2. The first kappa shape index (κ1) is 11.0. The van der Waals surface area contributed by atoms with Crippen molar-refractivity contribution in [3.8, 4) is 0 Å². The number of carbonyl (C=O) groups excluding carboxylic acids is 2. The molecule has 0 bridgehead atoms. The van der Waals surface area contributed by atoms with E-state index in [-0.39, 0.29) is 17.7 Å². The summed E-state index contributed by atoms with van der Waals surface area (Å²) in [5, 5.41) is 2.37. The lowest BCUT2D eigenvalue weighted by molar-refractivity contribution is -0.134. The summed E-state index contributed by atoms with van der Waals surface area (Å²) in [4.78, 5) is 27.3. The molecule has 1 saturated heterocycles. The predicted molar refractivity (Wildman–Crippen MR) is 65.1 cm³/mol. The average Bonchev–Trinajstić information content (AvgIpc) is 2.72. The van der Waals surface area contributed by atoms with Gasteiger partial charge in [0.25, 0.3) is 0 Å². The van der Waals surface area contributed by atoms with Gasteiger partial charge in [0.15, 0.2) is 0 Å². The minimum Gasteiger partial charge on any atom is -0.303 e. The maximum absolute atomic E-state index is 11.8. The Hall–Kier alpha value is -2.17. The van der Waals surface area contributed by atoms with Gasteiger partial charge in [0, 0.05) is 18.8 Å². The van der Waals surface area contributed by atoms with Gasteiger partial charge in [-0.1, -0.05) is 0 Å². The van der Waals surface area contributed by atoms with Crippen LogP contribution in [0, 0.1) is 6.92 Å². The van der Waals surface area contributed by atoms with Crippen LogP contribution in [0.1, 0.15) is 30.0 Å². The fourth-order valence-electron chi connectivity index (χ4n) is 2.34. The number of hydrogen-bond acceptors (Lipinski definition) is 3. The van der Waals surface area contributed by atoms with Gasteiger partial charge in [-0.2, -0.15) is 0 Å². The summed E-state index contributed by atoms with van der Waals surface area (Å²) in [5.41, 5.74) is 2.80. The van der Waals surface area contributed by atoms with E-state index in [1.807, 2.05) is 29.7 Å². The van der Waals surface area contributed by atoms with E-state index >= 15 is 0 Å². The van der Waals surface area contributed by atoms with Crippen LogP contribution in [0.2, 0.25) is 0 Å². The van der Waals surface area contributed by atoms with Crippen molar-refractivity contribution in [3.05, 3.63) is 35.8 Å². The highest BCUT2D eigenvalue weighted by Gasteiger charge is 2.30. The Balaban J connectivity index is 2.04. The highest BCUT2D eigenvalue weighted by molar-refractivity contribution is 6.00. The topological polar surface area (TPSA) is 63.5 Å². The fourth-order valence-corrected chi connectivity index (χ4v) is 2.34. The van der Waals surface area contributed by atoms with Crippen LogP contribution in [-0.2, 0) is 9.59 Å². The van der Waals surface area contributed by atoms with E-state index in [1.165, 1.54) is 0 Å². The van der Waals surface area contributed by atoms with Crippen molar-refractivity contribution in [2.45, 2.75) is 25.7 Å². The molecule has 1 aliphatic rings. The van der Waals surface area contributed by atoms with E-state index in [4.69, 9.17) is 0 Å². The molecule has 2 amide bonds. The van der Waals surface area contributed by atoms with E-state index < -0.39 is 0 Å². The molecule has 1 N–H and O–H groups in total. The molecule has 1 atom stereocenters. The lowest BCUT2D eigenvalue weighted by Gasteiger charge is -2.20. The van der Waals surface area contributed by atoms with Crippen LogP contribution in [-0.4, -0.2) is 21.2 Å². The van der Waals surface area contributed by atoms with Crippen molar-refractivity contribution < 1.29 is 9.59 Å². The van der Waals surface area contributed by atoms with Crippen LogP contribution in [0.25, 0.3) is 5.65 Å². The van der Waals surface area contributed by atoms with Crippen molar-refractivity contribution in [1.82, 2.24) is 14.7 Å². The zero-order valence-electron chi connectivity index (χ0n) is 10.0. The molecule has 0 aromatic carbocycles. The Bertz CT molecular complexity index is 645. The fraction of sp³-hybridized carbons (Fsp3) is 0.308. The van der Waals surface area contributed by atoms with Crippen LogP contribution in [0.5, 0.6) is 0 Å². The van der Waals surface area contributed by atoms with Crippen LogP contribution in [0.3, 0.4) is 0 Å². The van der Waals surface area contributed by atoms with E-state index in [0.717, 1.165) is 16.9 Å². The third-order valence-corrected chi connectivity index (χ3v) is 3.29. The van der Waals surface area contributed by atoms with Gasteiger partial charge >= 0.3 is 0 Å². The predicted octanol–water partition coefficient (Wildman–Crippen LogP) is 1.16. The molecule has 0 spiro atoms. The Labute approximate surface area is 104 Å². The van der Waals surface area contributed by atoms with Gasteiger partial charge < -0.3 is 4.40 Å². The lowest BCUT2D eigenvalue weighted by atomic mass is 9.95. The Kier molecular flexibility index (Phi) is 2.40. The van der Waals surface area contributed by atoms with Crippen molar-refractivity contribution in [1.29, 1.82) is 0 Å². The Morgan fingerprint density at radius 1 is 1.44 bits per heavy atom. The smallest absolute Gasteiger partial charge is 0.235 e. The molecule has 0 aliphatic carbocycles. The van der Waals surface area contributed by atoms with Gasteiger partial charge in [0.05, 0.1) is 11.6 Å². The maximum atomic E-state index is 11.8. The minimum atomic E-state index is -0.291.